The molecular formula is C25H21NO4. The van der Waals surface area contributed by atoms with Crippen molar-refractivity contribution >= 4 is 22.5 Å². The molecule has 0 fully saturated rings. The van der Waals surface area contributed by atoms with E-state index in [1.807, 2.05) is 54.6 Å². The lowest BCUT2D eigenvalue weighted by Crippen LogP contribution is -2.13. The van der Waals surface area contributed by atoms with Gasteiger partial charge >= 0.3 is 0 Å². The van der Waals surface area contributed by atoms with E-state index in [9.17, 15) is 9.59 Å². The topological polar surface area (TPSA) is 68.4 Å². The Labute approximate surface area is 174 Å². The van der Waals surface area contributed by atoms with Gasteiger partial charge in [-0.2, -0.15) is 0 Å². The van der Waals surface area contributed by atoms with E-state index in [1.54, 1.807) is 18.2 Å². The van der Waals surface area contributed by atoms with Crippen LogP contribution in [0, 0.1) is 0 Å². The fourth-order valence-electron chi connectivity index (χ4n) is 3.47. The molecule has 0 amide bonds. The molecule has 1 N–H and O–H groups in total. The minimum absolute atomic E-state index is 0.0674. The molecule has 0 aliphatic rings. The van der Waals surface area contributed by atoms with Crippen molar-refractivity contribution in [3.05, 3.63) is 83.9 Å². The molecule has 0 spiro atoms. The van der Waals surface area contributed by atoms with E-state index in [1.165, 1.54) is 14.0 Å². The number of methoxy groups -OCH3 is 1. The van der Waals surface area contributed by atoms with Gasteiger partial charge in [-0.05, 0) is 36.8 Å². The fourth-order valence-corrected chi connectivity index (χ4v) is 3.47. The third kappa shape index (κ3) is 3.70. The molecule has 4 rings (SSSR count). The van der Waals surface area contributed by atoms with Crippen molar-refractivity contribution < 1.29 is 19.1 Å². The number of ether oxygens (including phenoxy) is 2. The number of aromatic nitrogens is 1. The Kier molecular flexibility index (Phi) is 5.35. The average molecular weight is 399 g/mol. The summed E-state index contributed by atoms with van der Waals surface area (Å²) in [6.45, 7) is 1.33. The molecule has 0 bridgehead atoms. The van der Waals surface area contributed by atoms with E-state index in [-0.39, 0.29) is 18.2 Å². The van der Waals surface area contributed by atoms with Crippen LogP contribution in [0.5, 0.6) is 11.5 Å². The minimum Gasteiger partial charge on any atom is -0.493 e. The van der Waals surface area contributed by atoms with Crippen molar-refractivity contribution in [2.75, 3.05) is 13.7 Å². The molecule has 30 heavy (non-hydrogen) atoms. The molecule has 4 aromatic rings. The Morgan fingerprint density at radius 3 is 2.37 bits per heavy atom. The van der Waals surface area contributed by atoms with Crippen LogP contribution in [0.3, 0.4) is 0 Å². The Bertz CT molecular complexity index is 1220. The van der Waals surface area contributed by atoms with Crippen LogP contribution in [-0.4, -0.2) is 30.3 Å². The number of carbonyl (C=O) groups is 2. The van der Waals surface area contributed by atoms with Gasteiger partial charge in [0.05, 0.1) is 18.4 Å². The molecule has 0 unspecified atom stereocenters. The number of hydrogen-bond donors (Lipinski definition) is 1. The predicted molar refractivity (Wildman–Crippen MR) is 117 cm³/mol. The molecule has 0 atom stereocenters. The molecule has 5 heteroatoms. The zero-order valence-electron chi connectivity index (χ0n) is 16.8. The van der Waals surface area contributed by atoms with Crippen LogP contribution < -0.4 is 9.47 Å². The Morgan fingerprint density at radius 2 is 1.63 bits per heavy atom. The van der Waals surface area contributed by atoms with Crippen LogP contribution in [0.2, 0.25) is 0 Å². The zero-order valence-corrected chi connectivity index (χ0v) is 16.8. The van der Waals surface area contributed by atoms with E-state index in [0.29, 0.717) is 22.6 Å². The highest BCUT2D eigenvalue weighted by Crippen LogP contribution is 2.32. The van der Waals surface area contributed by atoms with Crippen molar-refractivity contribution in [2.24, 2.45) is 0 Å². The number of fused-ring (bicyclic) bond motifs is 1. The molecule has 150 valence electrons. The molecule has 0 aliphatic carbocycles. The van der Waals surface area contributed by atoms with Crippen LogP contribution in [-0.2, 0) is 0 Å². The normalized spacial score (nSPS) is 10.7. The van der Waals surface area contributed by atoms with Crippen LogP contribution in [0.4, 0.5) is 0 Å². The number of H-pyrrole nitrogens is 1. The predicted octanol–water partition coefficient (Wildman–Crippen LogP) is 5.31. The number of para-hydroxylation sites is 1. The first-order chi connectivity index (χ1) is 14.6. The maximum absolute atomic E-state index is 13.2. The van der Waals surface area contributed by atoms with Gasteiger partial charge in [0.2, 0.25) is 5.78 Å². The summed E-state index contributed by atoms with van der Waals surface area (Å²) in [5, 5.41) is 0.851. The molecule has 0 saturated heterocycles. The molecule has 1 aromatic heterocycles. The smallest absolute Gasteiger partial charge is 0.202 e. The number of ketones is 2. The number of hydrogen-bond acceptors (Lipinski definition) is 4. The molecule has 3 aromatic carbocycles. The molecular weight excluding hydrogens is 378 g/mol. The average Bonchev–Trinajstić information content (AvgIpc) is 3.17. The van der Waals surface area contributed by atoms with Gasteiger partial charge in [-0.1, -0.05) is 48.5 Å². The SMILES string of the molecule is COc1cc(C(C)=O)ccc1OCC(=O)c1c(-c2ccccc2)[nH]c2ccccc12. The highest BCUT2D eigenvalue weighted by Gasteiger charge is 2.20. The van der Waals surface area contributed by atoms with Crippen molar-refractivity contribution in [2.45, 2.75) is 6.92 Å². The second-order valence-electron chi connectivity index (χ2n) is 6.92. The first-order valence-corrected chi connectivity index (χ1v) is 9.59. The highest BCUT2D eigenvalue weighted by atomic mass is 16.5. The Hall–Kier alpha value is -3.86. The number of carbonyl (C=O) groups excluding carboxylic acids is 2. The summed E-state index contributed by atoms with van der Waals surface area (Å²) in [7, 11) is 1.50. The molecule has 1 heterocycles. The Morgan fingerprint density at radius 1 is 0.900 bits per heavy atom. The number of aromatic amines is 1. The van der Waals surface area contributed by atoms with Crippen molar-refractivity contribution in [3.8, 4) is 22.8 Å². The van der Waals surface area contributed by atoms with Crippen molar-refractivity contribution in [1.29, 1.82) is 0 Å². The third-order valence-corrected chi connectivity index (χ3v) is 4.98. The third-order valence-electron chi connectivity index (χ3n) is 4.98. The summed E-state index contributed by atoms with van der Waals surface area (Å²) in [6, 6.07) is 22.4. The minimum atomic E-state index is -0.155. The number of rotatable bonds is 7. The van der Waals surface area contributed by atoms with E-state index in [4.69, 9.17) is 9.47 Å². The van der Waals surface area contributed by atoms with Gasteiger partial charge in [-0.3, -0.25) is 9.59 Å². The fraction of sp³-hybridized carbons (Fsp3) is 0.120. The van der Waals surface area contributed by atoms with E-state index in [2.05, 4.69) is 4.98 Å². The van der Waals surface area contributed by atoms with Gasteiger partial charge in [-0.25, -0.2) is 0 Å². The summed E-state index contributed by atoms with van der Waals surface area (Å²) in [4.78, 5) is 28.2. The van der Waals surface area contributed by atoms with E-state index >= 15 is 0 Å². The molecule has 0 aliphatic heterocycles. The van der Waals surface area contributed by atoms with Crippen LogP contribution in [0.15, 0.2) is 72.8 Å². The number of benzene rings is 3. The van der Waals surface area contributed by atoms with E-state index in [0.717, 1.165) is 22.2 Å². The summed E-state index contributed by atoms with van der Waals surface area (Å²) in [6.07, 6.45) is 0. The number of nitrogens with one attached hydrogen (secondary N) is 1. The molecule has 0 saturated carbocycles. The van der Waals surface area contributed by atoms with Crippen LogP contribution >= 0.6 is 0 Å². The van der Waals surface area contributed by atoms with E-state index < -0.39 is 0 Å². The summed E-state index contributed by atoms with van der Waals surface area (Å²) in [5.41, 5.74) is 3.71. The summed E-state index contributed by atoms with van der Waals surface area (Å²) >= 11 is 0. The molecule has 0 radical (unpaired) electrons. The maximum Gasteiger partial charge on any atom is 0.202 e. The quantitative estimate of drug-likeness (QED) is 0.428. The van der Waals surface area contributed by atoms with Gasteiger partial charge in [-0.15, -0.1) is 0 Å². The first-order valence-electron chi connectivity index (χ1n) is 9.59. The zero-order chi connectivity index (χ0) is 21.1. The van der Waals surface area contributed by atoms with Gasteiger partial charge in [0.15, 0.2) is 23.9 Å². The van der Waals surface area contributed by atoms with Gasteiger partial charge in [0.1, 0.15) is 0 Å². The monoisotopic (exact) mass is 399 g/mol. The lowest BCUT2D eigenvalue weighted by Gasteiger charge is -2.11. The van der Waals surface area contributed by atoms with Gasteiger partial charge in [0.25, 0.3) is 0 Å². The van der Waals surface area contributed by atoms with Gasteiger partial charge in [0, 0.05) is 16.5 Å². The second-order valence-corrected chi connectivity index (χ2v) is 6.92. The molecule has 5 nitrogen and oxygen atoms in total. The first kappa shape index (κ1) is 19.5. The lowest BCUT2D eigenvalue weighted by molar-refractivity contribution is 0.0920. The summed E-state index contributed by atoms with van der Waals surface area (Å²) < 4.78 is 11.1. The van der Waals surface area contributed by atoms with Crippen LogP contribution in [0.1, 0.15) is 27.6 Å². The largest absolute Gasteiger partial charge is 0.493 e. The van der Waals surface area contributed by atoms with Crippen LogP contribution in [0.25, 0.3) is 22.2 Å². The van der Waals surface area contributed by atoms with Gasteiger partial charge < -0.3 is 14.5 Å². The number of Topliss-reactive ketones (excluding diaryl/α,β-unsaturated/α-hetero) is 2. The lowest BCUT2D eigenvalue weighted by atomic mass is 10.0. The second kappa shape index (κ2) is 8.25. The summed E-state index contributed by atoms with van der Waals surface area (Å²) in [5.74, 6) is 0.612. The van der Waals surface area contributed by atoms with Crippen molar-refractivity contribution in [3.63, 3.8) is 0 Å². The Balaban J connectivity index is 1.67. The maximum atomic E-state index is 13.2. The standard InChI is InChI=1S/C25H21NO4/c1-16(27)18-12-13-22(23(14-18)29-2)30-15-21(28)24-19-10-6-7-11-20(19)26-25(24)17-8-4-3-5-9-17/h3-14,26H,15H2,1-2H3. The van der Waals surface area contributed by atoms with Crippen molar-refractivity contribution in [1.82, 2.24) is 4.98 Å². The highest BCUT2D eigenvalue weighted by molar-refractivity contribution is 6.13.